The number of benzene rings is 1. The minimum absolute atomic E-state index is 0.170. The lowest BCUT2D eigenvalue weighted by atomic mass is 10.3. The van der Waals surface area contributed by atoms with Crippen molar-refractivity contribution in [2.75, 3.05) is 25.0 Å². The maximum absolute atomic E-state index is 12.7. The van der Waals surface area contributed by atoms with Crippen LogP contribution in [0.25, 0.3) is 0 Å². The summed E-state index contributed by atoms with van der Waals surface area (Å²) in [5.41, 5.74) is 6.04. The fraction of sp³-hybridized carbons (Fsp3) is 0.462. The van der Waals surface area contributed by atoms with E-state index in [2.05, 4.69) is 5.32 Å². The van der Waals surface area contributed by atoms with E-state index in [4.69, 9.17) is 5.73 Å². The van der Waals surface area contributed by atoms with Crippen LogP contribution in [0.1, 0.15) is 19.8 Å². The van der Waals surface area contributed by atoms with Crippen LogP contribution in [0, 0.1) is 5.82 Å². The number of nitrogens with two attached hydrogens (primary N) is 1. The van der Waals surface area contributed by atoms with E-state index in [1.807, 2.05) is 6.92 Å². The van der Waals surface area contributed by atoms with E-state index >= 15 is 0 Å². The number of nitrogens with one attached hydrogen (secondary N) is 1. The zero-order valence-corrected chi connectivity index (χ0v) is 10.7. The van der Waals surface area contributed by atoms with E-state index < -0.39 is 0 Å². The third kappa shape index (κ3) is 4.71. The van der Waals surface area contributed by atoms with Gasteiger partial charge in [-0.05, 0) is 43.7 Å². The molecule has 0 heterocycles. The lowest BCUT2D eigenvalue weighted by Crippen LogP contribution is -2.37. The summed E-state index contributed by atoms with van der Waals surface area (Å²) in [6, 6.07) is 5.55. The lowest BCUT2D eigenvalue weighted by molar-refractivity contribution is 0.211. The van der Waals surface area contributed by atoms with Crippen molar-refractivity contribution in [2.45, 2.75) is 19.8 Å². The minimum Gasteiger partial charge on any atom is -0.330 e. The van der Waals surface area contributed by atoms with Gasteiger partial charge < -0.3 is 16.0 Å². The Bertz CT molecular complexity index is 367. The van der Waals surface area contributed by atoms with E-state index in [-0.39, 0.29) is 11.8 Å². The summed E-state index contributed by atoms with van der Waals surface area (Å²) in [6.45, 7) is 3.90. The molecule has 0 atom stereocenters. The monoisotopic (exact) mass is 253 g/mol. The average molecular weight is 253 g/mol. The van der Waals surface area contributed by atoms with Crippen LogP contribution in [0.2, 0.25) is 0 Å². The van der Waals surface area contributed by atoms with Gasteiger partial charge in [-0.25, -0.2) is 9.18 Å². The van der Waals surface area contributed by atoms with Crippen LogP contribution < -0.4 is 11.1 Å². The Morgan fingerprint density at radius 3 is 2.56 bits per heavy atom. The van der Waals surface area contributed by atoms with Crippen molar-refractivity contribution in [2.24, 2.45) is 5.73 Å². The van der Waals surface area contributed by atoms with Gasteiger partial charge in [-0.1, -0.05) is 6.92 Å². The number of hydrogen-bond acceptors (Lipinski definition) is 2. The highest BCUT2D eigenvalue weighted by Gasteiger charge is 2.11. The molecule has 1 aromatic carbocycles. The SMILES string of the molecule is CCCN(CCCN)C(=O)Nc1ccc(F)cc1. The molecule has 0 aliphatic carbocycles. The first-order valence-electron chi connectivity index (χ1n) is 6.19. The lowest BCUT2D eigenvalue weighted by Gasteiger charge is -2.22. The van der Waals surface area contributed by atoms with Crippen molar-refractivity contribution >= 4 is 11.7 Å². The van der Waals surface area contributed by atoms with E-state index in [1.165, 1.54) is 12.1 Å². The van der Waals surface area contributed by atoms with Crippen molar-refractivity contribution in [1.82, 2.24) is 4.90 Å². The smallest absolute Gasteiger partial charge is 0.321 e. The number of hydrogen-bond donors (Lipinski definition) is 2. The molecule has 1 rings (SSSR count). The molecular weight excluding hydrogens is 233 g/mol. The van der Waals surface area contributed by atoms with Crippen LogP contribution in [0.3, 0.4) is 0 Å². The molecule has 0 fully saturated rings. The van der Waals surface area contributed by atoms with Crippen molar-refractivity contribution in [1.29, 1.82) is 0 Å². The van der Waals surface area contributed by atoms with Gasteiger partial charge in [0, 0.05) is 18.8 Å². The summed E-state index contributed by atoms with van der Waals surface area (Å²) in [7, 11) is 0. The van der Waals surface area contributed by atoms with Gasteiger partial charge in [-0.3, -0.25) is 0 Å². The number of carbonyl (C=O) groups excluding carboxylic acids is 1. The summed E-state index contributed by atoms with van der Waals surface area (Å²) < 4.78 is 12.7. The number of urea groups is 1. The molecule has 0 spiro atoms. The van der Waals surface area contributed by atoms with Gasteiger partial charge in [-0.2, -0.15) is 0 Å². The standard InChI is InChI=1S/C13H20FN3O/c1-2-9-17(10-3-8-15)13(18)16-12-6-4-11(14)5-7-12/h4-7H,2-3,8-10,15H2,1H3,(H,16,18). The van der Waals surface area contributed by atoms with Crippen LogP contribution in [-0.2, 0) is 0 Å². The topological polar surface area (TPSA) is 58.4 Å². The summed E-state index contributed by atoms with van der Waals surface area (Å²) in [5.74, 6) is -0.318. The summed E-state index contributed by atoms with van der Waals surface area (Å²) in [6.07, 6.45) is 1.66. The van der Waals surface area contributed by atoms with Crippen molar-refractivity contribution < 1.29 is 9.18 Å². The molecule has 4 nitrogen and oxygen atoms in total. The number of rotatable bonds is 6. The molecule has 0 aliphatic heterocycles. The predicted octanol–water partition coefficient (Wildman–Crippen LogP) is 2.42. The Morgan fingerprint density at radius 1 is 1.33 bits per heavy atom. The second kappa shape index (κ2) is 7.66. The number of amides is 2. The Balaban J connectivity index is 2.57. The Hall–Kier alpha value is -1.62. The summed E-state index contributed by atoms with van der Waals surface area (Å²) in [5, 5.41) is 2.74. The first-order chi connectivity index (χ1) is 8.67. The molecule has 100 valence electrons. The molecule has 0 saturated carbocycles. The molecule has 0 unspecified atom stereocenters. The fourth-order valence-electron chi connectivity index (χ4n) is 1.60. The Labute approximate surface area is 107 Å². The maximum Gasteiger partial charge on any atom is 0.321 e. The van der Waals surface area contributed by atoms with Crippen LogP contribution >= 0.6 is 0 Å². The normalized spacial score (nSPS) is 10.2. The Morgan fingerprint density at radius 2 is 2.00 bits per heavy atom. The highest BCUT2D eigenvalue weighted by molar-refractivity contribution is 5.89. The zero-order chi connectivity index (χ0) is 13.4. The first kappa shape index (κ1) is 14.4. The molecular formula is C13H20FN3O. The highest BCUT2D eigenvalue weighted by atomic mass is 19.1. The number of nitrogens with zero attached hydrogens (tertiary/aromatic N) is 1. The molecule has 0 saturated heterocycles. The van der Waals surface area contributed by atoms with Crippen molar-refractivity contribution in [3.8, 4) is 0 Å². The molecule has 0 radical (unpaired) electrons. The van der Waals surface area contributed by atoms with Crippen LogP contribution in [0.15, 0.2) is 24.3 Å². The van der Waals surface area contributed by atoms with Gasteiger partial charge in [0.05, 0.1) is 0 Å². The second-order valence-electron chi connectivity index (χ2n) is 4.07. The number of anilines is 1. The Kier molecular flexibility index (Phi) is 6.14. The second-order valence-corrected chi connectivity index (χ2v) is 4.07. The van der Waals surface area contributed by atoms with Gasteiger partial charge >= 0.3 is 6.03 Å². The fourth-order valence-corrected chi connectivity index (χ4v) is 1.60. The minimum atomic E-state index is -0.318. The van der Waals surface area contributed by atoms with Gasteiger partial charge in [-0.15, -0.1) is 0 Å². The maximum atomic E-state index is 12.7. The molecule has 18 heavy (non-hydrogen) atoms. The molecule has 1 aromatic rings. The molecule has 0 bridgehead atoms. The van der Waals surface area contributed by atoms with E-state index in [0.29, 0.717) is 25.3 Å². The third-order valence-electron chi connectivity index (χ3n) is 2.51. The van der Waals surface area contributed by atoms with Crippen LogP contribution in [0.4, 0.5) is 14.9 Å². The molecule has 2 amide bonds. The molecule has 3 N–H and O–H groups in total. The van der Waals surface area contributed by atoms with Crippen molar-refractivity contribution in [3.63, 3.8) is 0 Å². The molecule has 0 aliphatic rings. The van der Waals surface area contributed by atoms with Gasteiger partial charge in [0.15, 0.2) is 0 Å². The van der Waals surface area contributed by atoms with Crippen LogP contribution in [-0.4, -0.2) is 30.6 Å². The predicted molar refractivity (Wildman–Crippen MR) is 71.0 cm³/mol. The van der Waals surface area contributed by atoms with Crippen LogP contribution in [0.5, 0.6) is 0 Å². The van der Waals surface area contributed by atoms with Gasteiger partial charge in [0.25, 0.3) is 0 Å². The van der Waals surface area contributed by atoms with E-state index in [9.17, 15) is 9.18 Å². The average Bonchev–Trinajstić information content (AvgIpc) is 2.37. The largest absolute Gasteiger partial charge is 0.330 e. The number of carbonyl (C=O) groups is 1. The highest BCUT2D eigenvalue weighted by Crippen LogP contribution is 2.09. The molecule has 5 heteroatoms. The molecule has 0 aromatic heterocycles. The van der Waals surface area contributed by atoms with Crippen molar-refractivity contribution in [3.05, 3.63) is 30.1 Å². The number of halogens is 1. The quantitative estimate of drug-likeness (QED) is 0.818. The van der Waals surface area contributed by atoms with Gasteiger partial charge in [0.2, 0.25) is 0 Å². The third-order valence-corrected chi connectivity index (χ3v) is 2.51. The summed E-state index contributed by atoms with van der Waals surface area (Å²) in [4.78, 5) is 13.7. The van der Waals surface area contributed by atoms with E-state index in [1.54, 1.807) is 17.0 Å². The zero-order valence-electron chi connectivity index (χ0n) is 10.7. The first-order valence-corrected chi connectivity index (χ1v) is 6.19. The van der Waals surface area contributed by atoms with Gasteiger partial charge in [0.1, 0.15) is 5.82 Å². The summed E-state index contributed by atoms with van der Waals surface area (Å²) >= 11 is 0. The van der Waals surface area contributed by atoms with E-state index in [0.717, 1.165) is 12.8 Å².